The number of aromatic nitrogens is 1. The van der Waals surface area contributed by atoms with Gasteiger partial charge in [0.25, 0.3) is 0 Å². The number of rotatable bonds is 8. The summed E-state index contributed by atoms with van der Waals surface area (Å²) in [4.78, 5) is 7.27. The number of hydrogen-bond donors (Lipinski definition) is 0. The van der Waals surface area contributed by atoms with Crippen LogP contribution in [0, 0.1) is 0 Å². The van der Waals surface area contributed by atoms with Gasteiger partial charge in [0.05, 0.1) is 0 Å². The Morgan fingerprint density at radius 3 is 1.61 bits per heavy atom. The van der Waals surface area contributed by atoms with Crippen molar-refractivity contribution in [1.29, 1.82) is 0 Å². The Kier molecular flexibility index (Phi) is 7.92. The van der Waals surface area contributed by atoms with Crippen molar-refractivity contribution in [2.75, 3.05) is 4.90 Å². The first-order chi connectivity index (χ1) is 25.3. The van der Waals surface area contributed by atoms with Gasteiger partial charge in [-0.15, -0.1) is 0 Å². The van der Waals surface area contributed by atoms with Gasteiger partial charge in [0.1, 0.15) is 5.52 Å². The van der Waals surface area contributed by atoms with Gasteiger partial charge in [-0.05, 0) is 86.8 Å². The van der Waals surface area contributed by atoms with Crippen LogP contribution in [0.25, 0.3) is 66.7 Å². The lowest BCUT2D eigenvalue weighted by Crippen LogP contribution is -2.17. The van der Waals surface area contributed by atoms with Crippen LogP contribution in [0.2, 0.25) is 0 Å². The summed E-state index contributed by atoms with van der Waals surface area (Å²) in [6, 6.07) is 68.5. The van der Waals surface area contributed by atoms with Crippen LogP contribution in [0.4, 0.5) is 11.4 Å². The molecular formula is C48H34N2O. The maximum absolute atomic E-state index is 6.49. The second-order valence-corrected chi connectivity index (χ2v) is 12.8. The lowest BCUT2D eigenvalue weighted by atomic mass is 9.94. The molecule has 51 heavy (non-hydrogen) atoms. The summed E-state index contributed by atoms with van der Waals surface area (Å²) >= 11 is 0. The first-order valence-electron chi connectivity index (χ1n) is 17.3. The van der Waals surface area contributed by atoms with E-state index in [0.717, 1.165) is 38.8 Å². The second kappa shape index (κ2) is 13.3. The minimum Gasteiger partial charge on any atom is -0.435 e. The van der Waals surface area contributed by atoms with Crippen molar-refractivity contribution >= 4 is 33.2 Å². The van der Waals surface area contributed by atoms with Crippen LogP contribution in [0.1, 0.15) is 5.56 Å². The molecule has 0 atom stereocenters. The summed E-state index contributed by atoms with van der Waals surface area (Å²) in [7, 11) is 0. The number of anilines is 2. The van der Waals surface area contributed by atoms with Crippen LogP contribution < -0.4 is 4.90 Å². The standard InChI is InChI=1S/C48H34N2O/c1-4-14-34(15-5-1)42-21-11-10-20-39(42)33-50(40-28-24-36(25-29-40)44-23-13-12-22-43(44)35-16-6-2-7-17-35)41-30-26-37-27-31-46-47(45(37)32-41)51-48(49-46)38-18-8-3-9-19-38/h1-32H,33H2. The summed E-state index contributed by atoms with van der Waals surface area (Å²) in [5, 5.41) is 2.15. The van der Waals surface area contributed by atoms with Crippen molar-refractivity contribution in [2.45, 2.75) is 6.54 Å². The molecule has 1 aromatic heterocycles. The third kappa shape index (κ3) is 5.96. The highest BCUT2D eigenvalue weighted by molar-refractivity contribution is 6.05. The normalized spacial score (nSPS) is 11.2. The molecule has 1 heterocycles. The molecular weight excluding hydrogens is 621 g/mol. The number of oxazole rings is 1. The van der Waals surface area contributed by atoms with Crippen LogP contribution >= 0.6 is 0 Å². The molecule has 0 aliphatic carbocycles. The average Bonchev–Trinajstić information content (AvgIpc) is 3.67. The summed E-state index contributed by atoms with van der Waals surface area (Å²) in [5.41, 5.74) is 13.3. The van der Waals surface area contributed by atoms with Crippen LogP contribution in [0.3, 0.4) is 0 Å². The van der Waals surface area contributed by atoms with Crippen molar-refractivity contribution in [1.82, 2.24) is 4.98 Å². The molecule has 242 valence electrons. The Morgan fingerprint density at radius 1 is 0.431 bits per heavy atom. The SMILES string of the molecule is c1ccc(-c2nc3ccc4ccc(N(Cc5ccccc5-c5ccccc5)c5ccc(-c6ccccc6-c6ccccc6)cc5)cc4c3o2)cc1. The molecule has 0 aliphatic heterocycles. The van der Waals surface area contributed by atoms with E-state index in [2.05, 4.69) is 163 Å². The van der Waals surface area contributed by atoms with Gasteiger partial charge in [0.15, 0.2) is 5.58 Å². The van der Waals surface area contributed by atoms with Crippen molar-refractivity contribution in [3.63, 3.8) is 0 Å². The predicted octanol–water partition coefficient (Wildman–Crippen LogP) is 13.0. The second-order valence-electron chi connectivity index (χ2n) is 12.8. The molecule has 0 saturated heterocycles. The molecule has 0 amide bonds. The van der Waals surface area contributed by atoms with Gasteiger partial charge in [-0.2, -0.15) is 0 Å². The number of hydrogen-bond acceptors (Lipinski definition) is 3. The van der Waals surface area contributed by atoms with Crippen molar-refractivity contribution < 1.29 is 4.42 Å². The zero-order chi connectivity index (χ0) is 34.0. The molecule has 0 N–H and O–H groups in total. The maximum Gasteiger partial charge on any atom is 0.227 e. The smallest absolute Gasteiger partial charge is 0.227 e. The monoisotopic (exact) mass is 654 g/mol. The van der Waals surface area contributed by atoms with Gasteiger partial charge < -0.3 is 9.32 Å². The molecule has 0 spiro atoms. The fourth-order valence-corrected chi connectivity index (χ4v) is 7.05. The lowest BCUT2D eigenvalue weighted by Gasteiger charge is -2.27. The van der Waals surface area contributed by atoms with E-state index in [1.54, 1.807) is 0 Å². The Morgan fingerprint density at radius 2 is 0.941 bits per heavy atom. The van der Waals surface area contributed by atoms with E-state index >= 15 is 0 Å². The van der Waals surface area contributed by atoms with E-state index < -0.39 is 0 Å². The maximum atomic E-state index is 6.49. The van der Waals surface area contributed by atoms with Crippen molar-refractivity contribution in [3.8, 4) is 44.8 Å². The van der Waals surface area contributed by atoms with E-state index in [9.17, 15) is 0 Å². The Hall–Kier alpha value is -6.71. The van der Waals surface area contributed by atoms with Gasteiger partial charge in [0.2, 0.25) is 5.89 Å². The first kappa shape index (κ1) is 30.4. The minimum atomic E-state index is 0.628. The molecule has 8 aromatic carbocycles. The molecule has 0 unspecified atom stereocenters. The van der Waals surface area contributed by atoms with Crippen LogP contribution in [-0.2, 0) is 6.54 Å². The topological polar surface area (TPSA) is 29.3 Å². The fourth-order valence-electron chi connectivity index (χ4n) is 7.05. The Balaban J connectivity index is 1.17. The van der Waals surface area contributed by atoms with Crippen molar-refractivity contribution in [2.24, 2.45) is 0 Å². The average molecular weight is 655 g/mol. The van der Waals surface area contributed by atoms with E-state index in [4.69, 9.17) is 9.40 Å². The molecule has 0 saturated carbocycles. The molecule has 0 fully saturated rings. The van der Waals surface area contributed by atoms with E-state index in [1.807, 2.05) is 36.4 Å². The van der Waals surface area contributed by atoms with Gasteiger partial charge in [-0.3, -0.25) is 0 Å². The van der Waals surface area contributed by atoms with Gasteiger partial charge in [-0.25, -0.2) is 4.98 Å². The van der Waals surface area contributed by atoms with Crippen molar-refractivity contribution in [3.05, 3.63) is 200 Å². The van der Waals surface area contributed by atoms with Crippen LogP contribution in [0.15, 0.2) is 199 Å². The van der Waals surface area contributed by atoms with E-state index in [0.29, 0.717) is 12.4 Å². The van der Waals surface area contributed by atoms with Gasteiger partial charge >= 0.3 is 0 Å². The predicted molar refractivity (Wildman–Crippen MR) is 212 cm³/mol. The molecule has 0 aliphatic rings. The molecule has 9 rings (SSSR count). The number of nitrogens with zero attached hydrogens (tertiary/aromatic N) is 2. The highest BCUT2D eigenvalue weighted by Crippen LogP contribution is 2.38. The molecule has 0 radical (unpaired) electrons. The molecule has 9 aromatic rings. The summed E-state index contributed by atoms with van der Waals surface area (Å²) in [6.45, 7) is 0.679. The summed E-state index contributed by atoms with van der Waals surface area (Å²) in [6.07, 6.45) is 0. The van der Waals surface area contributed by atoms with Crippen LogP contribution in [0.5, 0.6) is 0 Å². The first-order valence-corrected chi connectivity index (χ1v) is 17.3. The van der Waals surface area contributed by atoms with Gasteiger partial charge in [0, 0.05) is 28.9 Å². The van der Waals surface area contributed by atoms with E-state index in [1.165, 1.54) is 38.9 Å². The zero-order valence-corrected chi connectivity index (χ0v) is 28.0. The van der Waals surface area contributed by atoms with Crippen LogP contribution in [-0.4, -0.2) is 4.98 Å². The van der Waals surface area contributed by atoms with Gasteiger partial charge in [-0.1, -0.05) is 152 Å². The molecule has 0 bridgehead atoms. The zero-order valence-electron chi connectivity index (χ0n) is 28.0. The Labute approximate surface area is 297 Å². The Bertz CT molecular complexity index is 2590. The highest BCUT2D eigenvalue weighted by atomic mass is 16.3. The summed E-state index contributed by atoms with van der Waals surface area (Å²) < 4.78 is 6.49. The number of benzene rings is 8. The largest absolute Gasteiger partial charge is 0.435 e. The molecule has 3 nitrogen and oxygen atoms in total. The minimum absolute atomic E-state index is 0.628. The third-order valence-electron chi connectivity index (χ3n) is 9.62. The fraction of sp³-hybridized carbons (Fsp3) is 0.0208. The van der Waals surface area contributed by atoms with E-state index in [-0.39, 0.29) is 0 Å². The lowest BCUT2D eigenvalue weighted by molar-refractivity contribution is 0.623. The third-order valence-corrected chi connectivity index (χ3v) is 9.62. The number of fused-ring (bicyclic) bond motifs is 3. The summed E-state index contributed by atoms with van der Waals surface area (Å²) in [5.74, 6) is 0.628. The quantitative estimate of drug-likeness (QED) is 0.163. The highest BCUT2D eigenvalue weighted by Gasteiger charge is 2.17. The molecule has 3 heteroatoms.